The van der Waals surface area contributed by atoms with Gasteiger partial charge in [-0.1, -0.05) is 13.8 Å². The van der Waals surface area contributed by atoms with Crippen molar-refractivity contribution in [1.29, 1.82) is 0 Å². The molecule has 18 heavy (non-hydrogen) atoms. The maximum absolute atomic E-state index is 5.72. The summed E-state index contributed by atoms with van der Waals surface area (Å²) in [7, 11) is 1.97. The number of hydrogen-bond donors (Lipinski definition) is 1. The Kier molecular flexibility index (Phi) is 3.54. The van der Waals surface area contributed by atoms with Crippen LogP contribution in [0.5, 0.6) is 0 Å². The molecule has 0 unspecified atom stereocenters. The quantitative estimate of drug-likeness (QED) is 0.927. The Bertz CT molecular complexity index is 566. The van der Waals surface area contributed by atoms with Gasteiger partial charge in [-0.25, -0.2) is 4.98 Å². The predicted molar refractivity (Wildman–Crippen MR) is 75.8 cm³/mol. The lowest BCUT2D eigenvalue weighted by atomic mass is 10.0. The molecule has 2 aromatic heterocycles. The predicted octanol–water partition coefficient (Wildman–Crippen LogP) is 2.74. The van der Waals surface area contributed by atoms with Crippen molar-refractivity contribution >= 4 is 11.3 Å². The van der Waals surface area contributed by atoms with Crippen molar-refractivity contribution in [2.45, 2.75) is 40.2 Å². The van der Waals surface area contributed by atoms with Crippen LogP contribution in [-0.4, -0.2) is 14.8 Å². The van der Waals surface area contributed by atoms with E-state index in [0.717, 1.165) is 27.7 Å². The number of hydrogen-bond acceptors (Lipinski definition) is 4. The van der Waals surface area contributed by atoms with Gasteiger partial charge < -0.3 is 5.73 Å². The highest BCUT2D eigenvalue weighted by Gasteiger charge is 2.21. The minimum atomic E-state index is 0.455. The average molecular weight is 264 g/mol. The van der Waals surface area contributed by atoms with Gasteiger partial charge in [0, 0.05) is 29.7 Å². The molecule has 0 amide bonds. The summed E-state index contributed by atoms with van der Waals surface area (Å²) in [5.41, 5.74) is 10.1. The topological polar surface area (TPSA) is 56.7 Å². The lowest BCUT2D eigenvalue weighted by Crippen LogP contribution is -1.96. The molecule has 0 radical (unpaired) electrons. The molecule has 2 N–H and O–H groups in total. The molecule has 98 valence electrons. The fraction of sp³-hybridized carbons (Fsp3) is 0.538. The third kappa shape index (κ3) is 2.08. The number of nitrogens with two attached hydrogens (primary N) is 1. The summed E-state index contributed by atoms with van der Waals surface area (Å²) in [6, 6.07) is 0. The van der Waals surface area contributed by atoms with E-state index in [1.807, 2.05) is 18.7 Å². The normalized spacial score (nSPS) is 11.5. The second-order valence-electron chi connectivity index (χ2n) is 4.85. The molecule has 2 aromatic rings. The Balaban J connectivity index is 2.66. The van der Waals surface area contributed by atoms with E-state index >= 15 is 0 Å². The molecule has 0 aliphatic heterocycles. The maximum Gasteiger partial charge on any atom is 0.107 e. The van der Waals surface area contributed by atoms with Crippen LogP contribution in [-0.2, 0) is 13.6 Å². The molecule has 0 spiro atoms. The highest BCUT2D eigenvalue weighted by atomic mass is 32.1. The minimum Gasteiger partial charge on any atom is -0.325 e. The van der Waals surface area contributed by atoms with Gasteiger partial charge in [-0.05, 0) is 19.8 Å². The van der Waals surface area contributed by atoms with Crippen LogP contribution in [0.2, 0.25) is 0 Å². The Morgan fingerprint density at radius 3 is 2.44 bits per heavy atom. The summed E-state index contributed by atoms with van der Waals surface area (Å²) in [6.07, 6.45) is 0. The smallest absolute Gasteiger partial charge is 0.107 e. The van der Waals surface area contributed by atoms with E-state index in [-0.39, 0.29) is 0 Å². The second-order valence-corrected chi connectivity index (χ2v) is 5.96. The SMILES string of the molecule is Cc1nn(C)c(C)c1-c1nc(CN)sc1C(C)C. The highest BCUT2D eigenvalue weighted by Crippen LogP contribution is 2.36. The number of nitrogens with zero attached hydrogens (tertiary/aromatic N) is 3. The second kappa shape index (κ2) is 4.82. The summed E-state index contributed by atoms with van der Waals surface area (Å²) in [4.78, 5) is 6.00. The summed E-state index contributed by atoms with van der Waals surface area (Å²) in [5.74, 6) is 0.455. The first-order valence-corrected chi connectivity index (χ1v) is 6.97. The Morgan fingerprint density at radius 2 is 2.00 bits per heavy atom. The maximum atomic E-state index is 5.72. The molecule has 2 heterocycles. The van der Waals surface area contributed by atoms with Gasteiger partial charge in [-0.2, -0.15) is 5.10 Å². The summed E-state index contributed by atoms with van der Waals surface area (Å²) in [6.45, 7) is 9.01. The highest BCUT2D eigenvalue weighted by molar-refractivity contribution is 7.12. The first-order chi connectivity index (χ1) is 8.45. The van der Waals surface area contributed by atoms with E-state index in [4.69, 9.17) is 10.7 Å². The van der Waals surface area contributed by atoms with Crippen LogP contribution in [0.4, 0.5) is 0 Å². The van der Waals surface area contributed by atoms with Crippen LogP contribution in [0.15, 0.2) is 0 Å². The van der Waals surface area contributed by atoms with Gasteiger partial charge in [0.1, 0.15) is 5.01 Å². The van der Waals surface area contributed by atoms with E-state index < -0.39 is 0 Å². The molecular formula is C13H20N4S. The van der Waals surface area contributed by atoms with Gasteiger partial charge in [0.2, 0.25) is 0 Å². The van der Waals surface area contributed by atoms with E-state index in [2.05, 4.69) is 25.9 Å². The molecule has 4 nitrogen and oxygen atoms in total. The van der Waals surface area contributed by atoms with E-state index in [9.17, 15) is 0 Å². The molecule has 0 aliphatic rings. The first-order valence-electron chi connectivity index (χ1n) is 6.16. The zero-order chi connectivity index (χ0) is 13.4. The molecule has 0 aromatic carbocycles. The van der Waals surface area contributed by atoms with Crippen LogP contribution in [0.25, 0.3) is 11.3 Å². The van der Waals surface area contributed by atoms with E-state index in [1.54, 1.807) is 11.3 Å². The van der Waals surface area contributed by atoms with Gasteiger partial charge in [-0.3, -0.25) is 4.68 Å². The summed E-state index contributed by atoms with van der Waals surface area (Å²) < 4.78 is 1.91. The van der Waals surface area contributed by atoms with Gasteiger partial charge in [-0.15, -0.1) is 11.3 Å². The van der Waals surface area contributed by atoms with Crippen LogP contribution in [0, 0.1) is 13.8 Å². The van der Waals surface area contributed by atoms with Crippen LogP contribution < -0.4 is 5.73 Å². The van der Waals surface area contributed by atoms with Crippen molar-refractivity contribution in [1.82, 2.24) is 14.8 Å². The van der Waals surface area contributed by atoms with Gasteiger partial charge in [0.15, 0.2) is 0 Å². The molecule has 0 saturated carbocycles. The van der Waals surface area contributed by atoms with E-state index in [0.29, 0.717) is 12.5 Å². The third-order valence-electron chi connectivity index (χ3n) is 3.14. The molecule has 0 fully saturated rings. The number of thiazole rings is 1. The van der Waals surface area contributed by atoms with Gasteiger partial charge in [0.05, 0.1) is 11.4 Å². The monoisotopic (exact) mass is 264 g/mol. The van der Waals surface area contributed by atoms with Crippen molar-refractivity contribution in [2.24, 2.45) is 12.8 Å². The fourth-order valence-corrected chi connectivity index (χ4v) is 3.11. The average Bonchev–Trinajstić information content (AvgIpc) is 2.82. The van der Waals surface area contributed by atoms with Crippen LogP contribution in [0.1, 0.15) is 41.0 Å². The van der Waals surface area contributed by atoms with Gasteiger partial charge >= 0.3 is 0 Å². The molecule has 0 saturated heterocycles. The number of aromatic nitrogens is 3. The Labute approximate surface area is 112 Å². The molecule has 0 atom stereocenters. The molecular weight excluding hydrogens is 244 g/mol. The standard InChI is InChI=1S/C13H20N4S/c1-7(2)13-12(15-10(6-14)18-13)11-8(3)16-17(5)9(11)4/h7H,6,14H2,1-5H3. The van der Waals surface area contributed by atoms with Crippen molar-refractivity contribution in [3.8, 4) is 11.3 Å². The third-order valence-corrected chi connectivity index (χ3v) is 4.52. The summed E-state index contributed by atoms with van der Waals surface area (Å²) >= 11 is 1.72. The zero-order valence-corrected chi connectivity index (χ0v) is 12.4. The van der Waals surface area contributed by atoms with Crippen LogP contribution >= 0.6 is 11.3 Å². The van der Waals surface area contributed by atoms with Crippen molar-refractivity contribution < 1.29 is 0 Å². The number of aryl methyl sites for hydroxylation is 2. The molecule has 2 rings (SSSR count). The Hall–Kier alpha value is -1.20. The van der Waals surface area contributed by atoms with Crippen molar-refractivity contribution in [3.63, 3.8) is 0 Å². The molecule has 0 bridgehead atoms. The zero-order valence-electron chi connectivity index (χ0n) is 11.6. The minimum absolute atomic E-state index is 0.455. The lowest BCUT2D eigenvalue weighted by Gasteiger charge is -2.05. The number of rotatable bonds is 3. The van der Waals surface area contributed by atoms with Crippen molar-refractivity contribution in [3.05, 3.63) is 21.3 Å². The first kappa shape index (κ1) is 13.2. The largest absolute Gasteiger partial charge is 0.325 e. The summed E-state index contributed by atoms with van der Waals surface area (Å²) in [5, 5.41) is 5.47. The van der Waals surface area contributed by atoms with E-state index in [1.165, 1.54) is 4.88 Å². The van der Waals surface area contributed by atoms with Crippen LogP contribution in [0.3, 0.4) is 0 Å². The Morgan fingerprint density at radius 1 is 1.33 bits per heavy atom. The lowest BCUT2D eigenvalue weighted by molar-refractivity contribution is 0.731. The van der Waals surface area contributed by atoms with Gasteiger partial charge in [0.25, 0.3) is 0 Å². The molecule has 5 heteroatoms. The van der Waals surface area contributed by atoms with Crippen molar-refractivity contribution in [2.75, 3.05) is 0 Å². The molecule has 0 aliphatic carbocycles. The fourth-order valence-electron chi connectivity index (χ4n) is 2.15.